The summed E-state index contributed by atoms with van der Waals surface area (Å²) in [6, 6.07) is 15.8. The minimum absolute atomic E-state index is 0.0637. The van der Waals surface area contributed by atoms with Crippen molar-refractivity contribution in [1.82, 2.24) is 9.72 Å². The smallest absolute Gasteiger partial charge is 0.252 e. The van der Waals surface area contributed by atoms with Crippen molar-refractivity contribution in [3.05, 3.63) is 60.3 Å². The zero-order valence-corrected chi connectivity index (χ0v) is 14.1. The summed E-state index contributed by atoms with van der Waals surface area (Å²) in [6.07, 6.45) is 1.87. The fourth-order valence-electron chi connectivity index (χ4n) is 2.70. The van der Waals surface area contributed by atoms with Gasteiger partial charge in [-0.1, -0.05) is 0 Å². The zero-order chi connectivity index (χ0) is 17.1. The molecule has 5 nitrogen and oxygen atoms in total. The molecule has 1 amide bonds. The lowest BCUT2D eigenvalue weighted by molar-refractivity contribution is 0.0955. The maximum Gasteiger partial charge on any atom is 0.252 e. The average Bonchev–Trinajstić information content (AvgIpc) is 3.04. The molecule has 0 unspecified atom stereocenters. The second-order valence-electron chi connectivity index (χ2n) is 5.52. The Morgan fingerprint density at radius 1 is 1.12 bits per heavy atom. The maximum absolute atomic E-state index is 12.1. The van der Waals surface area contributed by atoms with Gasteiger partial charge in [-0.25, -0.2) is 0 Å². The molecule has 0 aliphatic rings. The third kappa shape index (κ3) is 2.93. The summed E-state index contributed by atoms with van der Waals surface area (Å²) in [4.78, 5) is 14.2. The van der Waals surface area contributed by atoms with Gasteiger partial charge in [0.15, 0.2) is 0 Å². The number of nitrogens with zero attached hydrogens (tertiary/aromatic N) is 2. The number of anilines is 2. The zero-order valence-electron chi connectivity index (χ0n) is 14.1. The number of fused-ring (bicyclic) bond motifs is 1. The molecule has 0 radical (unpaired) electrons. The molecule has 0 bridgehead atoms. The molecule has 0 spiro atoms. The topological polar surface area (TPSA) is 46.0 Å². The highest BCUT2D eigenvalue weighted by molar-refractivity contribution is 5.94. The van der Waals surface area contributed by atoms with Crippen LogP contribution in [0, 0.1) is 0 Å². The number of aromatic nitrogens is 1. The SMILES string of the molecule is CCNC(=O)c1ccc2ccc(N(C)c3ccc(OC)cc3)n2c1. The predicted octanol–water partition coefficient (Wildman–Crippen LogP) is 3.47. The Morgan fingerprint density at radius 3 is 2.50 bits per heavy atom. The lowest BCUT2D eigenvalue weighted by atomic mass is 10.2. The maximum atomic E-state index is 12.1. The molecule has 0 fully saturated rings. The number of amides is 1. The quantitative estimate of drug-likeness (QED) is 0.782. The van der Waals surface area contributed by atoms with E-state index in [9.17, 15) is 4.79 Å². The van der Waals surface area contributed by atoms with Gasteiger partial charge in [-0.05, 0) is 55.5 Å². The number of nitrogens with one attached hydrogen (secondary N) is 1. The van der Waals surface area contributed by atoms with Gasteiger partial charge in [-0.2, -0.15) is 0 Å². The first-order valence-electron chi connectivity index (χ1n) is 7.91. The molecule has 1 aromatic carbocycles. The van der Waals surface area contributed by atoms with Crippen LogP contribution in [0.1, 0.15) is 17.3 Å². The summed E-state index contributed by atoms with van der Waals surface area (Å²) < 4.78 is 7.23. The Labute approximate surface area is 141 Å². The Morgan fingerprint density at radius 2 is 1.83 bits per heavy atom. The third-order valence-corrected chi connectivity index (χ3v) is 4.03. The molecule has 24 heavy (non-hydrogen) atoms. The Hall–Kier alpha value is -2.95. The van der Waals surface area contributed by atoms with Crippen molar-refractivity contribution in [1.29, 1.82) is 0 Å². The largest absolute Gasteiger partial charge is 0.497 e. The summed E-state index contributed by atoms with van der Waals surface area (Å²) in [5, 5.41) is 2.83. The van der Waals surface area contributed by atoms with E-state index in [0.717, 1.165) is 22.8 Å². The van der Waals surface area contributed by atoms with Crippen molar-refractivity contribution in [2.75, 3.05) is 25.6 Å². The van der Waals surface area contributed by atoms with E-state index in [1.807, 2.05) is 73.1 Å². The van der Waals surface area contributed by atoms with Crippen LogP contribution in [0.4, 0.5) is 11.5 Å². The van der Waals surface area contributed by atoms with E-state index in [4.69, 9.17) is 4.74 Å². The van der Waals surface area contributed by atoms with E-state index in [1.54, 1.807) is 7.11 Å². The van der Waals surface area contributed by atoms with Crippen LogP contribution < -0.4 is 15.0 Å². The number of benzene rings is 1. The van der Waals surface area contributed by atoms with Gasteiger partial charge in [-0.15, -0.1) is 0 Å². The molecule has 0 saturated heterocycles. The highest BCUT2D eigenvalue weighted by atomic mass is 16.5. The summed E-state index contributed by atoms with van der Waals surface area (Å²) in [7, 11) is 3.66. The van der Waals surface area contributed by atoms with Gasteiger partial charge in [0, 0.05) is 31.0 Å². The van der Waals surface area contributed by atoms with Gasteiger partial charge in [0.1, 0.15) is 11.6 Å². The number of rotatable bonds is 5. The number of methoxy groups -OCH3 is 1. The number of ether oxygens (including phenoxy) is 1. The second kappa shape index (κ2) is 6.66. The first kappa shape index (κ1) is 15.9. The van der Waals surface area contributed by atoms with Gasteiger partial charge in [0.05, 0.1) is 12.7 Å². The van der Waals surface area contributed by atoms with Crippen LogP contribution in [0.25, 0.3) is 5.52 Å². The number of carbonyl (C=O) groups excluding carboxylic acids is 1. The molecular weight excluding hydrogens is 302 g/mol. The number of hydrogen-bond acceptors (Lipinski definition) is 3. The first-order chi connectivity index (χ1) is 11.6. The van der Waals surface area contributed by atoms with Crippen LogP contribution in [0.3, 0.4) is 0 Å². The Bertz CT molecular complexity index is 853. The van der Waals surface area contributed by atoms with Crippen molar-refractivity contribution < 1.29 is 9.53 Å². The van der Waals surface area contributed by atoms with Crippen LogP contribution in [0.5, 0.6) is 5.75 Å². The number of pyridine rings is 1. The third-order valence-electron chi connectivity index (χ3n) is 4.03. The van der Waals surface area contributed by atoms with Crippen molar-refractivity contribution in [3.63, 3.8) is 0 Å². The highest BCUT2D eigenvalue weighted by Gasteiger charge is 2.11. The van der Waals surface area contributed by atoms with Crippen LogP contribution in [-0.2, 0) is 0 Å². The van der Waals surface area contributed by atoms with Gasteiger partial charge >= 0.3 is 0 Å². The van der Waals surface area contributed by atoms with E-state index in [-0.39, 0.29) is 5.91 Å². The first-order valence-corrected chi connectivity index (χ1v) is 7.91. The van der Waals surface area contributed by atoms with Crippen molar-refractivity contribution >= 4 is 22.9 Å². The fraction of sp³-hybridized carbons (Fsp3) is 0.211. The second-order valence-corrected chi connectivity index (χ2v) is 5.52. The van der Waals surface area contributed by atoms with Crippen molar-refractivity contribution in [3.8, 4) is 5.75 Å². The van der Waals surface area contributed by atoms with Crippen LogP contribution >= 0.6 is 0 Å². The van der Waals surface area contributed by atoms with E-state index < -0.39 is 0 Å². The molecule has 0 atom stereocenters. The molecule has 3 rings (SSSR count). The van der Waals surface area contributed by atoms with E-state index in [2.05, 4.69) is 10.2 Å². The standard InChI is InChI=1S/C19H21N3O2/c1-4-20-19(23)14-5-6-16-9-12-18(22(16)13-14)21(2)15-7-10-17(24-3)11-8-15/h5-13H,4H2,1-3H3,(H,20,23). The normalized spacial score (nSPS) is 10.6. The van der Waals surface area contributed by atoms with Crippen LogP contribution in [0.2, 0.25) is 0 Å². The van der Waals surface area contributed by atoms with E-state index in [0.29, 0.717) is 12.1 Å². The Balaban J connectivity index is 1.98. The minimum Gasteiger partial charge on any atom is -0.497 e. The van der Waals surface area contributed by atoms with Gasteiger partial charge in [-0.3, -0.25) is 4.79 Å². The number of hydrogen-bond donors (Lipinski definition) is 1. The van der Waals surface area contributed by atoms with E-state index >= 15 is 0 Å². The number of carbonyl (C=O) groups is 1. The molecule has 124 valence electrons. The molecule has 0 aliphatic carbocycles. The molecule has 0 saturated carbocycles. The van der Waals surface area contributed by atoms with Gasteiger partial charge < -0.3 is 19.4 Å². The van der Waals surface area contributed by atoms with Crippen LogP contribution in [0.15, 0.2) is 54.7 Å². The van der Waals surface area contributed by atoms with Gasteiger partial charge in [0.2, 0.25) is 0 Å². The lowest BCUT2D eigenvalue weighted by Gasteiger charge is -2.20. The van der Waals surface area contributed by atoms with E-state index in [1.165, 1.54) is 0 Å². The molecule has 2 aromatic heterocycles. The molecular formula is C19H21N3O2. The highest BCUT2D eigenvalue weighted by Crippen LogP contribution is 2.27. The molecule has 0 aliphatic heterocycles. The summed E-state index contributed by atoms with van der Waals surface area (Å²) in [5.74, 6) is 1.75. The molecule has 3 aromatic rings. The predicted molar refractivity (Wildman–Crippen MR) is 96.5 cm³/mol. The lowest BCUT2D eigenvalue weighted by Crippen LogP contribution is -2.23. The minimum atomic E-state index is -0.0637. The van der Waals surface area contributed by atoms with Crippen LogP contribution in [-0.4, -0.2) is 31.0 Å². The fourth-order valence-corrected chi connectivity index (χ4v) is 2.70. The molecule has 2 heterocycles. The molecule has 1 N–H and O–H groups in total. The Kier molecular flexibility index (Phi) is 4.42. The monoisotopic (exact) mass is 323 g/mol. The molecule has 5 heteroatoms. The summed E-state index contributed by atoms with van der Waals surface area (Å²) in [5.41, 5.74) is 2.72. The van der Waals surface area contributed by atoms with Crippen molar-refractivity contribution in [2.24, 2.45) is 0 Å². The van der Waals surface area contributed by atoms with Crippen molar-refractivity contribution in [2.45, 2.75) is 6.92 Å². The summed E-state index contributed by atoms with van der Waals surface area (Å²) in [6.45, 7) is 2.52. The summed E-state index contributed by atoms with van der Waals surface area (Å²) >= 11 is 0. The average molecular weight is 323 g/mol. The van der Waals surface area contributed by atoms with Gasteiger partial charge in [0.25, 0.3) is 5.91 Å².